The summed E-state index contributed by atoms with van der Waals surface area (Å²) in [6.07, 6.45) is 34.8. The van der Waals surface area contributed by atoms with Gasteiger partial charge in [0.15, 0.2) is 12.2 Å². The number of hydrogen-bond donors (Lipinski definition) is 3. The van der Waals surface area contributed by atoms with E-state index in [2.05, 4.69) is 41.5 Å². The van der Waals surface area contributed by atoms with Crippen LogP contribution in [0.15, 0.2) is 0 Å². The number of hydrogen-bond acceptors (Lipinski definition) is 15. The second-order valence-corrected chi connectivity index (χ2v) is 25.5. The Balaban J connectivity index is 5.23. The normalized spacial score (nSPS) is 15.1. The summed E-state index contributed by atoms with van der Waals surface area (Å²) in [4.78, 5) is 71.9. The van der Waals surface area contributed by atoms with Crippen LogP contribution in [0.3, 0.4) is 0 Å². The van der Waals surface area contributed by atoms with Crippen molar-refractivity contribution in [3.63, 3.8) is 0 Å². The summed E-state index contributed by atoms with van der Waals surface area (Å²) in [6.45, 7) is 9.41. The van der Waals surface area contributed by atoms with Gasteiger partial charge in [0.05, 0.1) is 26.4 Å². The highest BCUT2D eigenvalue weighted by Gasteiger charge is 2.30. The van der Waals surface area contributed by atoms with Crippen molar-refractivity contribution in [1.29, 1.82) is 0 Å². The van der Waals surface area contributed by atoms with Crippen molar-refractivity contribution in [3.05, 3.63) is 0 Å². The second-order valence-electron chi connectivity index (χ2n) is 22.6. The molecule has 19 heteroatoms. The van der Waals surface area contributed by atoms with Gasteiger partial charge in [0, 0.05) is 25.7 Å². The molecule has 474 valence electrons. The Bertz CT molecular complexity index is 1590. The Labute approximate surface area is 486 Å². The molecule has 0 aliphatic carbocycles. The number of unbranched alkanes of at least 4 members (excludes halogenated alkanes) is 28. The molecule has 80 heavy (non-hydrogen) atoms. The van der Waals surface area contributed by atoms with Gasteiger partial charge in [0.2, 0.25) is 0 Å². The number of ether oxygens (including phenoxy) is 4. The van der Waals surface area contributed by atoms with Crippen molar-refractivity contribution in [2.75, 3.05) is 39.6 Å². The lowest BCUT2D eigenvalue weighted by Crippen LogP contribution is -2.30. The number of rotatable bonds is 60. The first kappa shape index (κ1) is 78.1. The topological polar surface area (TPSA) is 237 Å². The lowest BCUT2D eigenvalue weighted by molar-refractivity contribution is -0.161. The first-order valence-corrected chi connectivity index (χ1v) is 35.1. The average molecular weight is 1190 g/mol. The Hall–Kier alpha value is -1.94. The van der Waals surface area contributed by atoms with Gasteiger partial charge < -0.3 is 33.8 Å². The summed E-state index contributed by atoms with van der Waals surface area (Å²) in [5.74, 6) is -0.597. The van der Waals surface area contributed by atoms with Crippen LogP contribution in [0, 0.1) is 11.8 Å². The van der Waals surface area contributed by atoms with Gasteiger partial charge in [-0.25, -0.2) is 9.13 Å². The Morgan fingerprint density at radius 3 is 0.887 bits per heavy atom. The zero-order chi connectivity index (χ0) is 59.4. The second kappa shape index (κ2) is 53.8. The summed E-state index contributed by atoms with van der Waals surface area (Å²) in [5.41, 5.74) is 0. The summed E-state index contributed by atoms with van der Waals surface area (Å²) >= 11 is 0. The minimum atomic E-state index is -4.94. The van der Waals surface area contributed by atoms with Crippen molar-refractivity contribution >= 4 is 39.5 Å². The molecular formula is C61H118O17P2. The summed E-state index contributed by atoms with van der Waals surface area (Å²) in [6, 6.07) is 0. The molecule has 0 amide bonds. The van der Waals surface area contributed by atoms with Crippen LogP contribution in [-0.2, 0) is 65.4 Å². The largest absolute Gasteiger partial charge is 0.472 e. The number of phosphoric ester groups is 2. The molecule has 3 N–H and O–H groups in total. The minimum absolute atomic E-state index is 0.104. The maximum Gasteiger partial charge on any atom is 0.472 e. The number of carbonyl (C=O) groups excluding carboxylic acids is 4. The number of phosphoric acid groups is 2. The predicted molar refractivity (Wildman–Crippen MR) is 317 cm³/mol. The molecule has 0 spiro atoms. The van der Waals surface area contributed by atoms with Gasteiger partial charge in [-0.05, 0) is 37.5 Å². The summed E-state index contributed by atoms with van der Waals surface area (Å²) < 4.78 is 67.8. The standard InChI is InChI=1S/C61H118O17P2/c1-7-11-13-15-17-18-27-33-39-45-60(65)77-56(49-71-58(63)43-37-31-23-16-14-12-8-2)51-75-79(67,68)73-47-55(62)48-74-80(69,70)76-52-57(78-61(66)46-40-34-28-22-20-25-30-36-42-54(6)10-4)50-72-59(64)44-38-32-26-21-19-24-29-35-41-53(5)9-3/h53-57,62H,7-52H2,1-6H3,(H,67,68)(H,69,70)/t53?,54?,55-,56+,57+/m0/s1. The highest BCUT2D eigenvalue weighted by atomic mass is 31.2. The molecule has 7 atom stereocenters. The van der Waals surface area contributed by atoms with E-state index in [0.717, 1.165) is 115 Å². The molecule has 0 heterocycles. The van der Waals surface area contributed by atoms with E-state index in [1.165, 1.54) is 103 Å². The maximum atomic E-state index is 12.9. The van der Waals surface area contributed by atoms with Gasteiger partial charge in [-0.15, -0.1) is 0 Å². The van der Waals surface area contributed by atoms with Crippen LogP contribution >= 0.6 is 15.6 Å². The molecule has 0 aliphatic heterocycles. The Kier molecular flexibility index (Phi) is 52.5. The fourth-order valence-corrected chi connectivity index (χ4v) is 10.5. The van der Waals surface area contributed by atoms with Gasteiger partial charge in [-0.3, -0.25) is 37.3 Å². The van der Waals surface area contributed by atoms with E-state index in [1.807, 2.05) is 0 Å². The summed E-state index contributed by atoms with van der Waals surface area (Å²) in [5, 5.41) is 10.5. The van der Waals surface area contributed by atoms with E-state index >= 15 is 0 Å². The molecule has 0 rings (SSSR count). The molecule has 0 saturated heterocycles. The molecule has 0 aromatic rings. The van der Waals surface area contributed by atoms with E-state index in [1.54, 1.807) is 0 Å². The molecule has 17 nitrogen and oxygen atoms in total. The molecule has 0 bridgehead atoms. The van der Waals surface area contributed by atoms with Crippen LogP contribution in [0.5, 0.6) is 0 Å². The summed E-state index contributed by atoms with van der Waals surface area (Å²) in [7, 11) is -9.88. The lowest BCUT2D eigenvalue weighted by Gasteiger charge is -2.21. The minimum Gasteiger partial charge on any atom is -0.462 e. The fraction of sp³-hybridized carbons (Fsp3) is 0.934. The van der Waals surface area contributed by atoms with Crippen molar-refractivity contribution in [2.24, 2.45) is 11.8 Å². The van der Waals surface area contributed by atoms with E-state index in [9.17, 15) is 43.2 Å². The SMILES string of the molecule is CCCCCCCCCCCC(=O)O[C@H](COC(=O)CCCCCCCCC)COP(=O)(O)OC[C@H](O)COP(=O)(O)OC[C@@H](COC(=O)CCCCCCCCCCC(C)CC)OC(=O)CCCCCCCCCCC(C)CC. The zero-order valence-corrected chi connectivity index (χ0v) is 53.2. The molecule has 0 saturated carbocycles. The molecule has 0 aliphatic rings. The van der Waals surface area contributed by atoms with Crippen LogP contribution in [0.25, 0.3) is 0 Å². The fourth-order valence-electron chi connectivity index (χ4n) is 8.94. The lowest BCUT2D eigenvalue weighted by atomic mass is 9.99. The monoisotopic (exact) mass is 1180 g/mol. The Morgan fingerprint density at radius 2 is 0.600 bits per heavy atom. The van der Waals surface area contributed by atoms with Crippen LogP contribution in [-0.4, -0.2) is 96.7 Å². The highest BCUT2D eigenvalue weighted by molar-refractivity contribution is 7.47. The van der Waals surface area contributed by atoms with Crippen molar-refractivity contribution < 1.29 is 80.2 Å². The molecule has 0 fully saturated rings. The van der Waals surface area contributed by atoms with Gasteiger partial charge in [0.25, 0.3) is 0 Å². The van der Waals surface area contributed by atoms with Crippen molar-refractivity contribution in [2.45, 2.75) is 317 Å². The van der Waals surface area contributed by atoms with Crippen molar-refractivity contribution in [1.82, 2.24) is 0 Å². The van der Waals surface area contributed by atoms with Crippen LogP contribution in [0.4, 0.5) is 0 Å². The number of carbonyl (C=O) groups is 4. The van der Waals surface area contributed by atoms with Gasteiger partial charge in [-0.1, -0.05) is 247 Å². The van der Waals surface area contributed by atoms with Crippen LogP contribution in [0.1, 0.15) is 298 Å². The van der Waals surface area contributed by atoms with Gasteiger partial charge in [0.1, 0.15) is 19.3 Å². The molecule has 4 unspecified atom stereocenters. The van der Waals surface area contributed by atoms with E-state index in [4.69, 9.17) is 37.0 Å². The smallest absolute Gasteiger partial charge is 0.462 e. The molecule has 0 aromatic carbocycles. The highest BCUT2D eigenvalue weighted by Crippen LogP contribution is 2.45. The van der Waals surface area contributed by atoms with E-state index in [0.29, 0.717) is 25.7 Å². The third-order valence-electron chi connectivity index (χ3n) is 14.7. The van der Waals surface area contributed by atoms with Crippen molar-refractivity contribution in [3.8, 4) is 0 Å². The quantitative estimate of drug-likeness (QED) is 0.0222. The third kappa shape index (κ3) is 52.8. The molecule has 0 aromatic heterocycles. The first-order chi connectivity index (χ1) is 38.4. The van der Waals surface area contributed by atoms with Gasteiger partial charge >= 0.3 is 39.5 Å². The first-order valence-electron chi connectivity index (χ1n) is 32.1. The number of aliphatic hydroxyl groups excluding tert-OH is 1. The molecule has 0 radical (unpaired) electrons. The predicted octanol–water partition coefficient (Wildman–Crippen LogP) is 16.5. The number of aliphatic hydroxyl groups is 1. The van der Waals surface area contributed by atoms with E-state index < -0.39 is 97.5 Å². The van der Waals surface area contributed by atoms with E-state index in [-0.39, 0.29) is 25.7 Å². The van der Waals surface area contributed by atoms with Crippen LogP contribution in [0.2, 0.25) is 0 Å². The van der Waals surface area contributed by atoms with Gasteiger partial charge in [-0.2, -0.15) is 0 Å². The molecular weight excluding hydrogens is 1070 g/mol. The average Bonchev–Trinajstić information content (AvgIpc) is 3.43. The zero-order valence-electron chi connectivity index (χ0n) is 51.4. The number of esters is 4. The third-order valence-corrected chi connectivity index (χ3v) is 16.6. The maximum absolute atomic E-state index is 12.9. The Morgan fingerprint density at radius 1 is 0.350 bits per heavy atom. The van der Waals surface area contributed by atoms with Crippen LogP contribution < -0.4 is 0 Å².